The van der Waals surface area contributed by atoms with Gasteiger partial charge in [-0.1, -0.05) is 6.07 Å². The van der Waals surface area contributed by atoms with Gasteiger partial charge in [-0.2, -0.15) is 0 Å². The molecule has 5 aromatic rings. The Morgan fingerprint density at radius 2 is 2.04 bits per heavy atom. The third-order valence-corrected chi connectivity index (χ3v) is 7.07. The molecule has 0 N–H and O–H groups in total. The lowest BCUT2D eigenvalue weighted by molar-refractivity contribution is 0.485. The van der Waals surface area contributed by atoms with Gasteiger partial charge < -0.3 is 4.42 Å². The minimum atomic E-state index is 0.561. The molecule has 5 heterocycles. The van der Waals surface area contributed by atoms with Crippen LogP contribution >= 0.6 is 34.4 Å². The normalized spacial score (nSPS) is 11.5. The second-order valence-corrected chi connectivity index (χ2v) is 8.99. The van der Waals surface area contributed by atoms with Gasteiger partial charge in [-0.05, 0) is 60.1 Å². The van der Waals surface area contributed by atoms with Gasteiger partial charge in [0.1, 0.15) is 21.4 Å². The zero-order valence-corrected chi connectivity index (χ0v) is 17.6. The quantitative estimate of drug-likeness (QED) is 0.350. The summed E-state index contributed by atoms with van der Waals surface area (Å²) in [7, 11) is 0. The zero-order chi connectivity index (χ0) is 19.1. The van der Waals surface area contributed by atoms with Crippen molar-refractivity contribution in [2.24, 2.45) is 0 Å². The zero-order valence-electron chi connectivity index (χ0n) is 15.1. The van der Waals surface area contributed by atoms with Crippen LogP contribution in [0.1, 0.15) is 17.1 Å². The SMILES string of the molecule is Cc1nc(Sc2nnc(-c3cccs3)n2Cc2ccco2)c2c(C)csc2n1. The Hall–Kier alpha value is -2.49. The standard InChI is InChI=1S/C19H15N5OS3/c1-11-10-27-17-15(11)18(21-12(2)20-17)28-19-23-22-16(14-6-4-8-26-14)24(19)9-13-5-3-7-25-13/h3-8,10H,9H2,1-2H3. The number of aromatic nitrogens is 5. The molecular weight excluding hydrogens is 410 g/mol. The van der Waals surface area contributed by atoms with Crippen molar-refractivity contribution in [3.05, 3.63) is 58.4 Å². The third kappa shape index (κ3) is 3.15. The van der Waals surface area contributed by atoms with Crippen LogP contribution in [-0.4, -0.2) is 24.7 Å². The topological polar surface area (TPSA) is 69.6 Å². The van der Waals surface area contributed by atoms with Crippen molar-refractivity contribution in [2.45, 2.75) is 30.6 Å². The average Bonchev–Trinajstić information content (AvgIpc) is 3.45. The van der Waals surface area contributed by atoms with Crippen molar-refractivity contribution < 1.29 is 4.42 Å². The Kier molecular flexibility index (Phi) is 4.50. The summed E-state index contributed by atoms with van der Waals surface area (Å²) in [6.07, 6.45) is 1.68. The fourth-order valence-electron chi connectivity index (χ4n) is 2.96. The highest BCUT2D eigenvalue weighted by Gasteiger charge is 2.20. The third-order valence-electron chi connectivity index (χ3n) is 4.24. The van der Waals surface area contributed by atoms with E-state index >= 15 is 0 Å². The van der Waals surface area contributed by atoms with Gasteiger partial charge in [0.2, 0.25) is 0 Å². The van der Waals surface area contributed by atoms with Crippen LogP contribution in [0.15, 0.2) is 55.9 Å². The highest BCUT2D eigenvalue weighted by atomic mass is 32.2. The molecule has 28 heavy (non-hydrogen) atoms. The van der Waals surface area contributed by atoms with E-state index in [2.05, 4.69) is 38.1 Å². The number of hydrogen-bond donors (Lipinski definition) is 0. The number of rotatable bonds is 5. The van der Waals surface area contributed by atoms with Crippen molar-refractivity contribution in [1.29, 1.82) is 0 Å². The highest BCUT2D eigenvalue weighted by Crippen LogP contribution is 2.37. The molecule has 9 heteroatoms. The van der Waals surface area contributed by atoms with Crippen LogP contribution in [0.5, 0.6) is 0 Å². The summed E-state index contributed by atoms with van der Waals surface area (Å²) in [5, 5.41) is 15.9. The van der Waals surface area contributed by atoms with Crippen molar-refractivity contribution >= 4 is 44.7 Å². The first-order chi connectivity index (χ1) is 13.7. The summed E-state index contributed by atoms with van der Waals surface area (Å²) in [4.78, 5) is 11.3. The van der Waals surface area contributed by atoms with Gasteiger partial charge in [0.25, 0.3) is 0 Å². The molecular formula is C19H15N5OS3. The largest absolute Gasteiger partial charge is 0.467 e. The van der Waals surface area contributed by atoms with Gasteiger partial charge in [-0.15, -0.1) is 32.9 Å². The molecule has 0 aliphatic heterocycles. The molecule has 140 valence electrons. The van der Waals surface area contributed by atoms with E-state index in [0.29, 0.717) is 6.54 Å². The fourth-order valence-corrected chi connectivity index (χ4v) is 5.76. The fraction of sp³-hybridized carbons (Fsp3) is 0.158. The molecule has 0 spiro atoms. The van der Waals surface area contributed by atoms with E-state index in [1.54, 1.807) is 28.9 Å². The molecule has 0 atom stereocenters. The Morgan fingerprint density at radius 1 is 1.11 bits per heavy atom. The summed E-state index contributed by atoms with van der Waals surface area (Å²) < 4.78 is 7.66. The van der Waals surface area contributed by atoms with Crippen LogP contribution in [-0.2, 0) is 6.54 Å². The maximum atomic E-state index is 5.57. The molecule has 0 saturated heterocycles. The Labute approximate surface area is 173 Å². The summed E-state index contributed by atoms with van der Waals surface area (Å²) in [6, 6.07) is 7.93. The molecule has 0 bridgehead atoms. The minimum absolute atomic E-state index is 0.561. The highest BCUT2D eigenvalue weighted by molar-refractivity contribution is 7.99. The molecule has 0 amide bonds. The molecule has 0 unspecified atom stereocenters. The minimum Gasteiger partial charge on any atom is -0.467 e. The molecule has 0 radical (unpaired) electrons. The van der Waals surface area contributed by atoms with E-state index < -0.39 is 0 Å². The summed E-state index contributed by atoms with van der Waals surface area (Å²) >= 11 is 4.81. The number of aryl methyl sites for hydroxylation is 2. The second-order valence-electron chi connectivity index (χ2n) is 6.23. The van der Waals surface area contributed by atoms with Gasteiger partial charge in [-0.3, -0.25) is 4.57 Å². The molecule has 0 aliphatic rings. The summed E-state index contributed by atoms with van der Waals surface area (Å²) in [5.74, 6) is 2.44. The van der Waals surface area contributed by atoms with E-state index in [9.17, 15) is 0 Å². The van der Waals surface area contributed by atoms with Crippen LogP contribution in [0.4, 0.5) is 0 Å². The van der Waals surface area contributed by atoms with Crippen molar-refractivity contribution in [2.75, 3.05) is 0 Å². The van der Waals surface area contributed by atoms with Crippen LogP contribution < -0.4 is 0 Å². The molecule has 6 nitrogen and oxygen atoms in total. The first-order valence-electron chi connectivity index (χ1n) is 8.59. The summed E-state index contributed by atoms with van der Waals surface area (Å²) in [6.45, 7) is 4.57. The number of nitrogens with zero attached hydrogens (tertiary/aromatic N) is 5. The summed E-state index contributed by atoms with van der Waals surface area (Å²) in [5.41, 5.74) is 1.18. The van der Waals surface area contributed by atoms with E-state index in [-0.39, 0.29) is 0 Å². The first-order valence-corrected chi connectivity index (χ1v) is 11.2. The Bertz CT molecular complexity index is 1240. The predicted octanol–water partition coefficient (Wildman–Crippen LogP) is 5.42. The van der Waals surface area contributed by atoms with E-state index in [0.717, 1.165) is 42.7 Å². The van der Waals surface area contributed by atoms with Gasteiger partial charge >= 0.3 is 0 Å². The van der Waals surface area contributed by atoms with Gasteiger partial charge in [-0.25, -0.2) is 9.97 Å². The number of furan rings is 1. The van der Waals surface area contributed by atoms with Crippen LogP contribution in [0.2, 0.25) is 0 Å². The molecule has 5 aromatic heterocycles. The van der Waals surface area contributed by atoms with Gasteiger partial charge in [0.05, 0.1) is 17.7 Å². The van der Waals surface area contributed by atoms with Crippen LogP contribution in [0.25, 0.3) is 20.9 Å². The Balaban J connectivity index is 1.62. The molecule has 0 aromatic carbocycles. The molecule has 0 aliphatic carbocycles. The van der Waals surface area contributed by atoms with Gasteiger partial charge in [0, 0.05) is 5.39 Å². The van der Waals surface area contributed by atoms with Crippen LogP contribution in [0.3, 0.4) is 0 Å². The van der Waals surface area contributed by atoms with E-state index in [1.165, 1.54) is 17.3 Å². The molecule has 0 saturated carbocycles. The second kappa shape index (κ2) is 7.16. The predicted molar refractivity (Wildman–Crippen MR) is 112 cm³/mol. The van der Waals surface area contributed by atoms with Crippen molar-refractivity contribution in [3.63, 3.8) is 0 Å². The average molecular weight is 426 g/mol. The Morgan fingerprint density at radius 3 is 2.82 bits per heavy atom. The number of hydrogen-bond acceptors (Lipinski definition) is 8. The molecule has 0 fully saturated rings. The lowest BCUT2D eigenvalue weighted by atomic mass is 10.3. The van der Waals surface area contributed by atoms with Gasteiger partial charge in [0.15, 0.2) is 11.0 Å². The lowest BCUT2D eigenvalue weighted by Crippen LogP contribution is -2.03. The maximum absolute atomic E-state index is 5.57. The lowest BCUT2D eigenvalue weighted by Gasteiger charge is -2.08. The van der Waals surface area contributed by atoms with E-state index in [1.807, 2.05) is 30.5 Å². The van der Waals surface area contributed by atoms with Crippen molar-refractivity contribution in [1.82, 2.24) is 24.7 Å². The van der Waals surface area contributed by atoms with Crippen molar-refractivity contribution in [3.8, 4) is 10.7 Å². The van der Waals surface area contributed by atoms with E-state index in [4.69, 9.17) is 9.40 Å². The maximum Gasteiger partial charge on any atom is 0.198 e. The number of fused-ring (bicyclic) bond motifs is 1. The molecule has 5 rings (SSSR count). The number of thiophene rings is 2. The first kappa shape index (κ1) is 17.6. The monoisotopic (exact) mass is 425 g/mol. The van der Waals surface area contributed by atoms with Crippen LogP contribution in [0, 0.1) is 13.8 Å². The smallest absolute Gasteiger partial charge is 0.198 e.